The molecule has 0 saturated carbocycles. The molecular weight excluding hydrogens is 466 g/mol. The summed E-state index contributed by atoms with van der Waals surface area (Å²) >= 11 is 1.22. The van der Waals surface area contributed by atoms with Crippen molar-refractivity contribution < 1.29 is 19.0 Å². The third-order valence-corrected chi connectivity index (χ3v) is 6.57. The van der Waals surface area contributed by atoms with Gasteiger partial charge in [0.25, 0.3) is 5.56 Å². The van der Waals surface area contributed by atoms with Gasteiger partial charge in [0, 0.05) is 24.4 Å². The molecule has 2 aromatic heterocycles. The zero-order valence-corrected chi connectivity index (χ0v) is 20.1. The molecule has 9 heteroatoms. The summed E-state index contributed by atoms with van der Waals surface area (Å²) < 4.78 is 20.6. The fourth-order valence-corrected chi connectivity index (χ4v) is 4.76. The Balaban J connectivity index is 1.67. The van der Waals surface area contributed by atoms with E-state index in [4.69, 9.17) is 19.3 Å². The fourth-order valence-electron chi connectivity index (χ4n) is 3.75. The molecule has 0 N–H and O–H groups in total. The van der Waals surface area contributed by atoms with Crippen molar-refractivity contribution in [3.05, 3.63) is 79.8 Å². The molecule has 178 valence electrons. The van der Waals surface area contributed by atoms with Crippen LogP contribution in [0.3, 0.4) is 0 Å². The first-order valence-corrected chi connectivity index (χ1v) is 12.0. The van der Waals surface area contributed by atoms with Crippen LogP contribution >= 0.6 is 11.3 Å². The SMILES string of the molecule is CCOC(=O)/C=c1/s/c(=C\c2cn(-c3ccccc3)nc2-c2ccc3c(c2)OCCO3)c(=O)n1C. The van der Waals surface area contributed by atoms with Crippen LogP contribution in [0.25, 0.3) is 29.1 Å². The molecule has 8 nitrogen and oxygen atoms in total. The maximum atomic E-state index is 13.0. The Morgan fingerprint density at radius 2 is 1.91 bits per heavy atom. The average Bonchev–Trinajstić information content (AvgIpc) is 3.41. The van der Waals surface area contributed by atoms with Crippen LogP contribution in [-0.4, -0.2) is 40.1 Å². The summed E-state index contributed by atoms with van der Waals surface area (Å²) in [7, 11) is 1.64. The van der Waals surface area contributed by atoms with E-state index < -0.39 is 5.97 Å². The van der Waals surface area contributed by atoms with Gasteiger partial charge in [0.2, 0.25) is 0 Å². The predicted octanol–water partition coefficient (Wildman–Crippen LogP) is 2.24. The summed E-state index contributed by atoms with van der Waals surface area (Å²) in [5.41, 5.74) is 2.97. The average molecular weight is 490 g/mol. The fraction of sp³-hybridized carbons (Fsp3) is 0.192. The van der Waals surface area contributed by atoms with Crippen LogP contribution in [0.1, 0.15) is 12.5 Å². The molecule has 1 aliphatic heterocycles. The minimum Gasteiger partial charge on any atom is -0.486 e. The van der Waals surface area contributed by atoms with Crippen molar-refractivity contribution in [2.75, 3.05) is 19.8 Å². The highest BCUT2D eigenvalue weighted by Gasteiger charge is 2.17. The second-order valence-corrected chi connectivity index (χ2v) is 8.84. The number of nitrogens with zero attached hydrogens (tertiary/aromatic N) is 3. The number of carbonyl (C=O) groups is 1. The van der Waals surface area contributed by atoms with Crippen LogP contribution in [0.5, 0.6) is 11.5 Å². The van der Waals surface area contributed by atoms with Crippen LogP contribution in [0.15, 0.2) is 59.5 Å². The van der Waals surface area contributed by atoms with E-state index in [1.807, 2.05) is 54.7 Å². The second-order valence-electron chi connectivity index (χ2n) is 7.78. The van der Waals surface area contributed by atoms with E-state index in [1.165, 1.54) is 22.0 Å². The third kappa shape index (κ3) is 4.63. The van der Waals surface area contributed by atoms with Gasteiger partial charge in [0.15, 0.2) is 11.5 Å². The number of hydrogen-bond donors (Lipinski definition) is 0. The van der Waals surface area contributed by atoms with E-state index in [2.05, 4.69) is 0 Å². The van der Waals surface area contributed by atoms with Crippen molar-refractivity contribution in [1.29, 1.82) is 0 Å². The number of benzene rings is 2. The molecule has 3 heterocycles. The van der Waals surface area contributed by atoms with Crippen LogP contribution in [0.4, 0.5) is 0 Å². The number of carbonyl (C=O) groups excluding carboxylic acids is 1. The van der Waals surface area contributed by atoms with Gasteiger partial charge in [-0.3, -0.25) is 4.79 Å². The van der Waals surface area contributed by atoms with Gasteiger partial charge in [0.1, 0.15) is 23.6 Å². The monoisotopic (exact) mass is 489 g/mol. The number of fused-ring (bicyclic) bond motifs is 1. The van der Waals surface area contributed by atoms with Crippen LogP contribution in [0.2, 0.25) is 0 Å². The molecule has 35 heavy (non-hydrogen) atoms. The molecule has 0 saturated heterocycles. The van der Waals surface area contributed by atoms with Crippen LogP contribution in [0, 0.1) is 0 Å². The molecule has 0 aliphatic carbocycles. The number of para-hydroxylation sites is 1. The highest BCUT2D eigenvalue weighted by molar-refractivity contribution is 7.07. The Labute approximate surface area is 204 Å². The smallest absolute Gasteiger partial charge is 0.333 e. The van der Waals surface area contributed by atoms with Gasteiger partial charge >= 0.3 is 5.97 Å². The highest BCUT2D eigenvalue weighted by Crippen LogP contribution is 2.35. The lowest BCUT2D eigenvalue weighted by Crippen LogP contribution is -2.29. The third-order valence-electron chi connectivity index (χ3n) is 5.45. The number of rotatable bonds is 5. The van der Waals surface area contributed by atoms with Gasteiger partial charge in [-0.15, -0.1) is 11.3 Å². The first kappa shape index (κ1) is 22.7. The summed E-state index contributed by atoms with van der Waals surface area (Å²) in [4.78, 5) is 24.9. The van der Waals surface area contributed by atoms with E-state index in [1.54, 1.807) is 24.7 Å². The topological polar surface area (TPSA) is 84.6 Å². The van der Waals surface area contributed by atoms with Crippen molar-refractivity contribution in [2.24, 2.45) is 7.05 Å². The number of ether oxygens (including phenoxy) is 3. The largest absolute Gasteiger partial charge is 0.486 e. The van der Waals surface area contributed by atoms with Crippen molar-refractivity contribution in [1.82, 2.24) is 14.3 Å². The molecular formula is C26H23N3O5S. The molecule has 1 aliphatic rings. The normalized spacial score (nSPS) is 13.8. The molecule has 0 amide bonds. The summed E-state index contributed by atoms with van der Waals surface area (Å²) in [5.74, 6) is 0.872. The zero-order valence-electron chi connectivity index (χ0n) is 19.3. The predicted molar refractivity (Wildman–Crippen MR) is 133 cm³/mol. The zero-order chi connectivity index (χ0) is 24.4. The lowest BCUT2D eigenvalue weighted by molar-refractivity contribution is -0.135. The number of esters is 1. The lowest BCUT2D eigenvalue weighted by Gasteiger charge is -2.18. The molecule has 4 aromatic rings. The Hall–Kier alpha value is -4.11. The summed E-state index contributed by atoms with van der Waals surface area (Å²) in [6.45, 7) is 3.01. The maximum Gasteiger partial charge on any atom is 0.333 e. The minimum atomic E-state index is -0.482. The van der Waals surface area contributed by atoms with E-state index in [9.17, 15) is 9.59 Å². The van der Waals surface area contributed by atoms with Gasteiger partial charge in [0.05, 0.1) is 22.9 Å². The molecule has 0 radical (unpaired) electrons. The number of thiazole rings is 1. The Morgan fingerprint density at radius 3 is 2.69 bits per heavy atom. The summed E-state index contributed by atoms with van der Waals surface area (Å²) in [6.07, 6.45) is 5.02. The first-order valence-electron chi connectivity index (χ1n) is 11.1. The Bertz CT molecular complexity index is 1570. The Kier molecular flexibility index (Phi) is 6.24. The van der Waals surface area contributed by atoms with E-state index in [-0.39, 0.29) is 12.2 Å². The van der Waals surface area contributed by atoms with E-state index in [0.29, 0.717) is 39.6 Å². The number of aromatic nitrogens is 3. The van der Waals surface area contributed by atoms with Crippen LogP contribution in [-0.2, 0) is 16.6 Å². The molecule has 5 rings (SSSR count). The summed E-state index contributed by atoms with van der Waals surface area (Å²) in [6, 6.07) is 15.4. The standard InChI is InChI=1S/C26H23N3O5S/c1-3-32-24(30)15-23-28(2)26(31)22(35-23)14-18-16-29(19-7-5-4-6-8-19)27-25(18)17-9-10-20-21(13-17)34-12-11-33-20/h4-10,13-16H,3,11-12H2,1-2H3/b22-14-,23-15+. The van der Waals surface area contributed by atoms with Gasteiger partial charge < -0.3 is 18.8 Å². The lowest BCUT2D eigenvalue weighted by atomic mass is 10.1. The van der Waals surface area contributed by atoms with Gasteiger partial charge in [-0.2, -0.15) is 5.10 Å². The van der Waals surface area contributed by atoms with Gasteiger partial charge in [-0.1, -0.05) is 18.2 Å². The molecule has 2 aromatic carbocycles. The van der Waals surface area contributed by atoms with Crippen LogP contribution < -0.4 is 24.2 Å². The van der Waals surface area contributed by atoms with E-state index >= 15 is 0 Å². The molecule has 0 fully saturated rings. The van der Waals surface area contributed by atoms with Crippen molar-refractivity contribution in [3.63, 3.8) is 0 Å². The van der Waals surface area contributed by atoms with Crippen molar-refractivity contribution >= 4 is 29.5 Å². The Morgan fingerprint density at radius 1 is 1.14 bits per heavy atom. The maximum absolute atomic E-state index is 13.0. The highest BCUT2D eigenvalue weighted by atomic mass is 32.1. The second kappa shape index (κ2) is 9.63. The molecule has 0 unspecified atom stereocenters. The van der Waals surface area contributed by atoms with Gasteiger partial charge in [-0.25, -0.2) is 9.48 Å². The minimum absolute atomic E-state index is 0.203. The number of hydrogen-bond acceptors (Lipinski definition) is 7. The van der Waals surface area contributed by atoms with Gasteiger partial charge in [-0.05, 0) is 43.3 Å². The van der Waals surface area contributed by atoms with E-state index in [0.717, 1.165) is 16.8 Å². The summed E-state index contributed by atoms with van der Waals surface area (Å²) in [5, 5.41) is 4.83. The molecule has 0 bridgehead atoms. The molecule has 0 spiro atoms. The first-order chi connectivity index (χ1) is 17.0. The quantitative estimate of drug-likeness (QED) is 0.400. The molecule has 0 atom stereocenters. The van der Waals surface area contributed by atoms with Crippen molar-refractivity contribution in [3.8, 4) is 28.4 Å². The van der Waals surface area contributed by atoms with Crippen molar-refractivity contribution in [2.45, 2.75) is 6.92 Å².